The summed E-state index contributed by atoms with van der Waals surface area (Å²) in [4.78, 5) is 38.8. The minimum atomic E-state index is -0.758. The van der Waals surface area contributed by atoms with E-state index in [1.165, 1.54) is 0 Å². The van der Waals surface area contributed by atoms with E-state index in [2.05, 4.69) is 5.32 Å². The van der Waals surface area contributed by atoms with Crippen molar-refractivity contribution in [2.45, 2.75) is 38.6 Å². The van der Waals surface area contributed by atoms with Crippen molar-refractivity contribution in [3.05, 3.63) is 34.9 Å². The summed E-state index contributed by atoms with van der Waals surface area (Å²) in [5.41, 5.74) is 2.39. The predicted molar refractivity (Wildman–Crippen MR) is 84.8 cm³/mol. The van der Waals surface area contributed by atoms with Crippen LogP contribution in [0, 0.1) is 0 Å². The molecule has 0 spiro atoms. The number of thiocarbonyl (C=S) groups is 1. The number of carbonyl (C=O) groups is 3. The van der Waals surface area contributed by atoms with Crippen LogP contribution in [0.4, 0.5) is 0 Å². The zero-order chi connectivity index (χ0) is 15.9. The molecule has 5 nitrogen and oxygen atoms in total. The van der Waals surface area contributed by atoms with Gasteiger partial charge in [0.15, 0.2) is 0 Å². The van der Waals surface area contributed by atoms with Gasteiger partial charge in [-0.25, -0.2) is 0 Å². The Morgan fingerprint density at radius 1 is 1.27 bits per heavy atom. The SMILES string of the molecule is CC1=CC=C2CC(=O)N(C3CCC(=S)NC3=O)C(=O)C2=CC1. The summed E-state index contributed by atoms with van der Waals surface area (Å²) in [6.45, 7) is 1.98. The number of amides is 3. The number of nitrogens with zero attached hydrogens (tertiary/aromatic N) is 1. The summed E-state index contributed by atoms with van der Waals surface area (Å²) < 4.78 is 0. The van der Waals surface area contributed by atoms with Gasteiger partial charge < -0.3 is 5.32 Å². The van der Waals surface area contributed by atoms with E-state index in [0.29, 0.717) is 29.8 Å². The van der Waals surface area contributed by atoms with E-state index in [4.69, 9.17) is 12.2 Å². The highest BCUT2D eigenvalue weighted by Gasteiger charge is 2.42. The number of imide groups is 1. The lowest BCUT2D eigenvalue weighted by atomic mass is 9.92. The van der Waals surface area contributed by atoms with Crippen molar-refractivity contribution < 1.29 is 14.4 Å². The summed E-state index contributed by atoms with van der Waals surface area (Å²) in [6.07, 6.45) is 7.33. The monoisotopic (exact) mass is 316 g/mol. The molecule has 22 heavy (non-hydrogen) atoms. The molecular weight excluding hydrogens is 300 g/mol. The first-order valence-electron chi connectivity index (χ1n) is 7.24. The Kier molecular flexibility index (Phi) is 3.78. The molecule has 0 saturated carbocycles. The van der Waals surface area contributed by atoms with Crippen LogP contribution in [-0.2, 0) is 14.4 Å². The molecule has 1 aliphatic carbocycles. The van der Waals surface area contributed by atoms with Crippen LogP contribution in [0.3, 0.4) is 0 Å². The molecule has 0 radical (unpaired) electrons. The van der Waals surface area contributed by atoms with Crippen LogP contribution in [0.2, 0.25) is 0 Å². The van der Waals surface area contributed by atoms with E-state index >= 15 is 0 Å². The van der Waals surface area contributed by atoms with Crippen molar-refractivity contribution >= 4 is 34.9 Å². The van der Waals surface area contributed by atoms with Gasteiger partial charge in [0.1, 0.15) is 6.04 Å². The van der Waals surface area contributed by atoms with Gasteiger partial charge in [0.25, 0.3) is 5.91 Å². The van der Waals surface area contributed by atoms with E-state index in [-0.39, 0.29) is 24.1 Å². The van der Waals surface area contributed by atoms with Crippen molar-refractivity contribution in [2.24, 2.45) is 0 Å². The van der Waals surface area contributed by atoms with Crippen LogP contribution < -0.4 is 5.32 Å². The third-order valence-electron chi connectivity index (χ3n) is 4.12. The quantitative estimate of drug-likeness (QED) is 0.589. The van der Waals surface area contributed by atoms with Gasteiger partial charge in [-0.05, 0) is 25.3 Å². The first-order chi connectivity index (χ1) is 10.5. The Bertz CT molecular complexity index is 688. The molecule has 0 aromatic carbocycles. The summed E-state index contributed by atoms with van der Waals surface area (Å²) >= 11 is 4.97. The van der Waals surface area contributed by atoms with Crippen LogP contribution in [0.5, 0.6) is 0 Å². The Balaban J connectivity index is 1.92. The maximum absolute atomic E-state index is 12.7. The van der Waals surface area contributed by atoms with E-state index < -0.39 is 6.04 Å². The number of carbonyl (C=O) groups excluding carboxylic acids is 3. The van der Waals surface area contributed by atoms with Gasteiger partial charge in [0, 0.05) is 12.0 Å². The number of likely N-dealkylation sites (tertiary alicyclic amines) is 1. The molecule has 1 unspecified atom stereocenters. The molecule has 0 aromatic rings. The molecule has 1 N–H and O–H groups in total. The number of allylic oxidation sites excluding steroid dienone is 4. The summed E-state index contributed by atoms with van der Waals surface area (Å²) in [5, 5.41) is 2.56. The molecule has 2 fully saturated rings. The molecule has 1 atom stereocenters. The summed E-state index contributed by atoms with van der Waals surface area (Å²) in [7, 11) is 0. The number of nitrogens with one attached hydrogen (secondary N) is 1. The lowest BCUT2D eigenvalue weighted by Gasteiger charge is -2.35. The summed E-state index contributed by atoms with van der Waals surface area (Å²) in [5.74, 6) is -1.07. The zero-order valence-electron chi connectivity index (χ0n) is 12.2. The third-order valence-corrected chi connectivity index (χ3v) is 4.43. The second-order valence-corrected chi connectivity index (χ2v) is 6.23. The van der Waals surface area contributed by atoms with Gasteiger partial charge in [-0.2, -0.15) is 0 Å². The van der Waals surface area contributed by atoms with Crippen molar-refractivity contribution in [3.8, 4) is 0 Å². The first kappa shape index (κ1) is 14.8. The van der Waals surface area contributed by atoms with Gasteiger partial charge in [0.2, 0.25) is 11.8 Å². The number of piperidine rings is 2. The molecule has 3 aliphatic rings. The highest BCUT2D eigenvalue weighted by molar-refractivity contribution is 7.80. The van der Waals surface area contributed by atoms with E-state index in [1.807, 2.05) is 25.2 Å². The van der Waals surface area contributed by atoms with Crippen molar-refractivity contribution in [2.75, 3.05) is 0 Å². The molecule has 3 amide bonds. The summed E-state index contributed by atoms with van der Waals surface area (Å²) in [6, 6.07) is -0.758. The fourth-order valence-corrected chi connectivity index (χ4v) is 3.13. The van der Waals surface area contributed by atoms with Gasteiger partial charge in [-0.3, -0.25) is 19.3 Å². The largest absolute Gasteiger partial charge is 0.319 e. The Labute approximate surface area is 133 Å². The molecule has 2 saturated heterocycles. The fourth-order valence-electron chi connectivity index (χ4n) is 2.91. The van der Waals surface area contributed by atoms with Crippen LogP contribution in [0.1, 0.15) is 32.6 Å². The van der Waals surface area contributed by atoms with Crippen molar-refractivity contribution in [1.82, 2.24) is 10.2 Å². The van der Waals surface area contributed by atoms with Crippen molar-refractivity contribution in [3.63, 3.8) is 0 Å². The maximum atomic E-state index is 12.7. The molecular formula is C16H16N2O3S. The minimum Gasteiger partial charge on any atom is -0.319 e. The van der Waals surface area contributed by atoms with E-state index in [9.17, 15) is 14.4 Å². The predicted octanol–water partition coefficient (Wildman–Crippen LogP) is 1.55. The number of hydrogen-bond acceptors (Lipinski definition) is 4. The second kappa shape index (κ2) is 5.61. The van der Waals surface area contributed by atoms with Gasteiger partial charge >= 0.3 is 0 Å². The van der Waals surface area contributed by atoms with Crippen LogP contribution in [-0.4, -0.2) is 33.7 Å². The van der Waals surface area contributed by atoms with Crippen LogP contribution in [0.25, 0.3) is 0 Å². The molecule has 6 heteroatoms. The average Bonchev–Trinajstić information content (AvgIpc) is 2.63. The highest BCUT2D eigenvalue weighted by Crippen LogP contribution is 2.30. The second-order valence-electron chi connectivity index (χ2n) is 5.74. The smallest absolute Gasteiger partial charge is 0.261 e. The van der Waals surface area contributed by atoms with Gasteiger partial charge in [-0.15, -0.1) is 0 Å². The van der Waals surface area contributed by atoms with E-state index in [1.54, 1.807) is 0 Å². The normalized spacial score (nSPS) is 25.8. The highest BCUT2D eigenvalue weighted by atomic mass is 32.1. The lowest BCUT2D eigenvalue weighted by Crippen LogP contribution is -2.57. The van der Waals surface area contributed by atoms with E-state index in [0.717, 1.165) is 16.0 Å². The molecule has 2 aliphatic heterocycles. The maximum Gasteiger partial charge on any atom is 0.261 e. The van der Waals surface area contributed by atoms with Gasteiger partial charge in [0.05, 0.1) is 11.4 Å². The van der Waals surface area contributed by atoms with Crippen molar-refractivity contribution in [1.29, 1.82) is 0 Å². The first-order valence-corrected chi connectivity index (χ1v) is 7.65. The Morgan fingerprint density at radius 3 is 2.77 bits per heavy atom. The lowest BCUT2D eigenvalue weighted by molar-refractivity contribution is -0.151. The Hall–Kier alpha value is -2.08. The topological polar surface area (TPSA) is 66.5 Å². The average molecular weight is 316 g/mol. The Morgan fingerprint density at radius 2 is 2.05 bits per heavy atom. The minimum absolute atomic E-state index is 0.148. The standard InChI is InChI=1S/C16H16N2O3S/c1-9-2-4-10-8-14(19)18(16(21)11(10)5-3-9)12-6-7-13(22)17-15(12)20/h2,4-5,12H,3,6-8H2,1H3,(H,17,20,22). The third kappa shape index (κ3) is 2.54. The molecule has 114 valence electrons. The molecule has 3 rings (SSSR count). The van der Waals surface area contributed by atoms with Gasteiger partial charge in [-0.1, -0.05) is 36.0 Å². The number of rotatable bonds is 1. The molecule has 0 aromatic heterocycles. The number of hydrogen-bond donors (Lipinski definition) is 1. The number of fused-ring (bicyclic) bond motifs is 1. The molecule has 2 heterocycles. The van der Waals surface area contributed by atoms with Crippen LogP contribution in [0.15, 0.2) is 34.9 Å². The fraction of sp³-hybridized carbons (Fsp3) is 0.375. The molecule has 0 bridgehead atoms. The zero-order valence-corrected chi connectivity index (χ0v) is 13.0. The van der Waals surface area contributed by atoms with Crippen LogP contribution >= 0.6 is 12.2 Å².